The first-order chi connectivity index (χ1) is 7.95. The van der Waals surface area contributed by atoms with E-state index in [-0.39, 0.29) is 0 Å². The lowest BCUT2D eigenvalue weighted by molar-refractivity contribution is 0.0378. The summed E-state index contributed by atoms with van der Waals surface area (Å²) in [5, 5.41) is 3.41. The van der Waals surface area contributed by atoms with Crippen LogP contribution in [-0.4, -0.2) is 44.3 Å². The molecule has 0 aromatic heterocycles. The van der Waals surface area contributed by atoms with Gasteiger partial charge in [0.1, 0.15) is 0 Å². The molecule has 2 rings (SSSR count). The lowest BCUT2D eigenvalue weighted by atomic mass is 10.3. The second kappa shape index (κ2) is 6.51. The number of hydrogen-bond donors (Lipinski definition) is 1. The van der Waals surface area contributed by atoms with Crippen molar-refractivity contribution >= 4 is 5.69 Å². The van der Waals surface area contributed by atoms with Crippen LogP contribution < -0.4 is 5.32 Å². The minimum absolute atomic E-state index is 0.891. The monoisotopic (exact) mass is 219 g/mol. The minimum Gasteiger partial charge on any atom is -0.385 e. The Morgan fingerprint density at radius 1 is 1.25 bits per heavy atom. The number of benzene rings is 1. The number of morpholine rings is 1. The Labute approximate surface area is 97.4 Å². The standard InChI is InChI=1S/C13H19N2O/c1-2-5-13(6-3-1)14-7-4-8-15-9-11-16-12-10-15/h2-3,5-6,14H,4,7-12H2. The molecule has 1 aliphatic heterocycles. The molecule has 1 N–H and O–H groups in total. The highest BCUT2D eigenvalue weighted by Crippen LogP contribution is 2.04. The molecule has 0 saturated carbocycles. The van der Waals surface area contributed by atoms with Crippen molar-refractivity contribution in [3.63, 3.8) is 0 Å². The Morgan fingerprint density at radius 2 is 2.00 bits per heavy atom. The molecule has 0 spiro atoms. The van der Waals surface area contributed by atoms with E-state index < -0.39 is 0 Å². The summed E-state index contributed by atoms with van der Waals surface area (Å²) in [7, 11) is 0. The maximum Gasteiger partial charge on any atom is 0.0594 e. The molecule has 1 saturated heterocycles. The Morgan fingerprint density at radius 3 is 2.75 bits per heavy atom. The van der Waals surface area contributed by atoms with Gasteiger partial charge in [0.15, 0.2) is 0 Å². The summed E-state index contributed by atoms with van der Waals surface area (Å²) >= 11 is 0. The van der Waals surface area contributed by atoms with Crippen LogP contribution in [0.1, 0.15) is 6.42 Å². The van der Waals surface area contributed by atoms with Gasteiger partial charge in [-0.1, -0.05) is 12.1 Å². The van der Waals surface area contributed by atoms with Crippen molar-refractivity contribution in [2.24, 2.45) is 0 Å². The van der Waals surface area contributed by atoms with Crippen LogP contribution in [0.5, 0.6) is 0 Å². The fraction of sp³-hybridized carbons (Fsp3) is 0.538. The van der Waals surface area contributed by atoms with E-state index in [0.717, 1.165) is 39.4 Å². The Hall–Kier alpha value is -1.06. The second-order valence-corrected chi connectivity index (χ2v) is 4.02. The third kappa shape index (κ3) is 3.83. The van der Waals surface area contributed by atoms with Gasteiger partial charge in [0.05, 0.1) is 13.2 Å². The summed E-state index contributed by atoms with van der Waals surface area (Å²) < 4.78 is 5.31. The molecule has 1 aromatic rings. The van der Waals surface area contributed by atoms with Crippen LogP contribution in [0.15, 0.2) is 24.3 Å². The Balaban J connectivity index is 1.58. The van der Waals surface area contributed by atoms with Gasteiger partial charge in [-0.3, -0.25) is 4.90 Å². The number of ether oxygens (including phenoxy) is 1. The maximum absolute atomic E-state index is 5.31. The molecule has 1 aliphatic rings. The lowest BCUT2D eigenvalue weighted by Crippen LogP contribution is -2.37. The average molecular weight is 219 g/mol. The molecule has 3 nitrogen and oxygen atoms in total. The van der Waals surface area contributed by atoms with Gasteiger partial charge in [-0.05, 0) is 31.2 Å². The van der Waals surface area contributed by atoms with Gasteiger partial charge in [-0.25, -0.2) is 0 Å². The molecule has 0 amide bonds. The van der Waals surface area contributed by atoms with E-state index in [9.17, 15) is 0 Å². The summed E-state index contributed by atoms with van der Waals surface area (Å²) in [5.41, 5.74) is 1.18. The smallest absolute Gasteiger partial charge is 0.0594 e. The van der Waals surface area contributed by atoms with Crippen molar-refractivity contribution in [2.45, 2.75) is 6.42 Å². The average Bonchev–Trinajstić information content (AvgIpc) is 2.37. The molecular weight excluding hydrogens is 200 g/mol. The maximum atomic E-state index is 5.31. The summed E-state index contributed by atoms with van der Waals surface area (Å²) in [5.74, 6) is 0. The van der Waals surface area contributed by atoms with Crippen LogP contribution in [-0.2, 0) is 4.74 Å². The van der Waals surface area contributed by atoms with E-state index in [4.69, 9.17) is 4.74 Å². The number of hydrogen-bond acceptors (Lipinski definition) is 3. The summed E-state index contributed by atoms with van der Waals surface area (Å²) in [4.78, 5) is 2.46. The van der Waals surface area contributed by atoms with Gasteiger partial charge in [0, 0.05) is 25.3 Å². The van der Waals surface area contributed by atoms with Crippen LogP contribution in [0.2, 0.25) is 0 Å². The molecule has 16 heavy (non-hydrogen) atoms. The summed E-state index contributed by atoms with van der Waals surface area (Å²) in [6, 6.07) is 11.0. The topological polar surface area (TPSA) is 24.5 Å². The molecule has 0 unspecified atom stereocenters. The highest BCUT2D eigenvalue weighted by atomic mass is 16.5. The van der Waals surface area contributed by atoms with Crippen molar-refractivity contribution in [3.05, 3.63) is 30.3 Å². The summed E-state index contributed by atoms with van der Waals surface area (Å²) in [6.45, 7) is 6.14. The number of nitrogens with zero attached hydrogens (tertiary/aromatic N) is 1. The van der Waals surface area contributed by atoms with E-state index in [1.807, 2.05) is 12.1 Å². The fourth-order valence-electron chi connectivity index (χ4n) is 1.86. The highest BCUT2D eigenvalue weighted by Gasteiger charge is 2.08. The third-order valence-electron chi connectivity index (χ3n) is 2.80. The molecule has 0 aliphatic carbocycles. The van der Waals surface area contributed by atoms with Crippen LogP contribution in [0.4, 0.5) is 5.69 Å². The zero-order valence-corrected chi connectivity index (χ0v) is 9.61. The van der Waals surface area contributed by atoms with Gasteiger partial charge >= 0.3 is 0 Å². The van der Waals surface area contributed by atoms with Crippen LogP contribution in [0, 0.1) is 6.07 Å². The molecule has 3 heteroatoms. The van der Waals surface area contributed by atoms with Crippen molar-refractivity contribution in [1.29, 1.82) is 0 Å². The minimum atomic E-state index is 0.891. The van der Waals surface area contributed by atoms with Crippen LogP contribution in [0.3, 0.4) is 0 Å². The number of nitrogens with one attached hydrogen (secondary N) is 1. The van der Waals surface area contributed by atoms with E-state index in [0.29, 0.717) is 0 Å². The molecule has 87 valence electrons. The van der Waals surface area contributed by atoms with Crippen molar-refractivity contribution < 1.29 is 4.74 Å². The lowest BCUT2D eigenvalue weighted by Gasteiger charge is -2.26. The van der Waals surface area contributed by atoms with Crippen molar-refractivity contribution in [1.82, 2.24) is 4.90 Å². The van der Waals surface area contributed by atoms with Gasteiger partial charge in [0.2, 0.25) is 0 Å². The van der Waals surface area contributed by atoms with Crippen LogP contribution >= 0.6 is 0 Å². The molecule has 1 fully saturated rings. The predicted octanol–water partition coefficient (Wildman–Crippen LogP) is 1.62. The molecule has 0 bridgehead atoms. The van der Waals surface area contributed by atoms with E-state index >= 15 is 0 Å². The molecule has 1 aromatic carbocycles. The quantitative estimate of drug-likeness (QED) is 0.762. The zero-order valence-electron chi connectivity index (χ0n) is 9.61. The first-order valence-corrected chi connectivity index (χ1v) is 5.95. The van der Waals surface area contributed by atoms with Gasteiger partial charge in [0.25, 0.3) is 0 Å². The Kier molecular flexibility index (Phi) is 4.65. The van der Waals surface area contributed by atoms with E-state index in [1.165, 1.54) is 12.1 Å². The van der Waals surface area contributed by atoms with Gasteiger partial charge in [-0.15, -0.1) is 0 Å². The Bertz CT molecular complexity index is 283. The SMILES string of the molecule is [c]1ccc(NCCCN2CCOCC2)cc1. The largest absolute Gasteiger partial charge is 0.385 e. The second-order valence-electron chi connectivity index (χ2n) is 4.02. The van der Waals surface area contributed by atoms with Gasteiger partial charge < -0.3 is 10.1 Å². The van der Waals surface area contributed by atoms with Gasteiger partial charge in [-0.2, -0.15) is 0 Å². The predicted molar refractivity (Wildman–Crippen MR) is 65.6 cm³/mol. The van der Waals surface area contributed by atoms with Crippen molar-refractivity contribution in [3.8, 4) is 0 Å². The van der Waals surface area contributed by atoms with Crippen LogP contribution in [0.25, 0.3) is 0 Å². The summed E-state index contributed by atoms with van der Waals surface area (Å²) in [6.07, 6.45) is 1.18. The molecule has 0 atom stereocenters. The number of anilines is 1. The van der Waals surface area contributed by atoms with Crippen molar-refractivity contribution in [2.75, 3.05) is 44.7 Å². The first kappa shape index (κ1) is 11.4. The van der Waals surface area contributed by atoms with E-state index in [2.05, 4.69) is 28.4 Å². The number of rotatable bonds is 5. The third-order valence-corrected chi connectivity index (χ3v) is 2.80. The fourth-order valence-corrected chi connectivity index (χ4v) is 1.86. The zero-order chi connectivity index (χ0) is 11.1. The van der Waals surface area contributed by atoms with E-state index in [1.54, 1.807) is 0 Å². The highest BCUT2D eigenvalue weighted by molar-refractivity contribution is 5.41. The first-order valence-electron chi connectivity index (χ1n) is 5.95. The molecular formula is C13H19N2O. The molecule has 1 heterocycles. The normalized spacial score (nSPS) is 17.2. The molecule has 1 radical (unpaired) electrons.